The number of rotatable bonds is 9. The normalized spacial score (nSPS) is 16.8. The molecule has 0 saturated carbocycles. The van der Waals surface area contributed by atoms with E-state index < -0.39 is 13.0 Å². The predicted molar refractivity (Wildman–Crippen MR) is 112 cm³/mol. The van der Waals surface area contributed by atoms with Crippen molar-refractivity contribution in [2.24, 2.45) is 0 Å². The Morgan fingerprint density at radius 1 is 1.29 bits per heavy atom. The molecule has 1 aromatic heterocycles. The van der Waals surface area contributed by atoms with Crippen LogP contribution in [0.15, 0.2) is 36.5 Å². The molecule has 0 bridgehead atoms. The Bertz CT molecular complexity index is 880. The molecule has 1 amide bonds. The summed E-state index contributed by atoms with van der Waals surface area (Å²) in [5.74, 6) is 1.05. The van der Waals surface area contributed by atoms with E-state index in [1.165, 1.54) is 20.2 Å². The standard InChI is InChI=1S/C22H27F2N3O4/c1-14(26-15(2)28)16-4-6-17(7-5-16)31-18-9-11-27(12-18)19-8-10-25-22(21(19)29-3)30-13-20(23)24/h4-8,10,14,18,20H,9,11-13H2,1-3H3,(H,26,28)/t14-,18+/m0/s1. The third-order valence-electron chi connectivity index (χ3n) is 4.99. The molecule has 3 rings (SSSR count). The Morgan fingerprint density at radius 3 is 2.68 bits per heavy atom. The molecular weight excluding hydrogens is 408 g/mol. The molecule has 31 heavy (non-hydrogen) atoms. The lowest BCUT2D eigenvalue weighted by Gasteiger charge is -2.22. The van der Waals surface area contributed by atoms with Gasteiger partial charge in [-0.05, 0) is 30.7 Å². The summed E-state index contributed by atoms with van der Waals surface area (Å²) in [5.41, 5.74) is 1.72. The fraction of sp³-hybridized carbons (Fsp3) is 0.455. The van der Waals surface area contributed by atoms with E-state index in [0.717, 1.165) is 30.0 Å². The quantitative estimate of drug-likeness (QED) is 0.649. The van der Waals surface area contributed by atoms with E-state index in [9.17, 15) is 13.6 Å². The Balaban J connectivity index is 1.63. The van der Waals surface area contributed by atoms with Crippen molar-refractivity contribution in [3.05, 3.63) is 42.1 Å². The molecule has 2 atom stereocenters. The van der Waals surface area contributed by atoms with Crippen molar-refractivity contribution >= 4 is 11.6 Å². The van der Waals surface area contributed by atoms with Crippen LogP contribution < -0.4 is 24.4 Å². The molecule has 0 unspecified atom stereocenters. The number of hydrogen-bond acceptors (Lipinski definition) is 6. The van der Waals surface area contributed by atoms with E-state index in [-0.39, 0.29) is 23.9 Å². The number of benzene rings is 1. The first-order valence-electron chi connectivity index (χ1n) is 10.1. The molecule has 2 aromatic rings. The Morgan fingerprint density at radius 2 is 2.03 bits per heavy atom. The maximum Gasteiger partial charge on any atom is 0.272 e. The number of hydrogen-bond donors (Lipinski definition) is 1. The van der Waals surface area contributed by atoms with Crippen LogP contribution in [-0.2, 0) is 4.79 Å². The number of halogens is 2. The largest absolute Gasteiger partial charge is 0.490 e. The van der Waals surface area contributed by atoms with Crippen molar-refractivity contribution in [2.45, 2.75) is 38.8 Å². The molecule has 1 saturated heterocycles. The Hall–Kier alpha value is -3.10. The average Bonchev–Trinajstić information content (AvgIpc) is 3.20. The van der Waals surface area contributed by atoms with Crippen LogP contribution in [0.2, 0.25) is 0 Å². The lowest BCUT2D eigenvalue weighted by Crippen LogP contribution is -2.25. The number of anilines is 1. The van der Waals surface area contributed by atoms with E-state index in [2.05, 4.69) is 15.2 Å². The Labute approximate surface area is 180 Å². The zero-order valence-corrected chi connectivity index (χ0v) is 17.8. The highest BCUT2D eigenvalue weighted by Crippen LogP contribution is 2.37. The number of carbonyl (C=O) groups is 1. The third kappa shape index (κ3) is 5.96. The van der Waals surface area contributed by atoms with Gasteiger partial charge in [-0.15, -0.1) is 0 Å². The zero-order valence-electron chi connectivity index (χ0n) is 17.8. The van der Waals surface area contributed by atoms with Crippen molar-refractivity contribution in [1.82, 2.24) is 10.3 Å². The van der Waals surface area contributed by atoms with Gasteiger partial charge in [-0.25, -0.2) is 13.8 Å². The summed E-state index contributed by atoms with van der Waals surface area (Å²) in [6.07, 6.45) is -0.320. The van der Waals surface area contributed by atoms with E-state index in [0.29, 0.717) is 12.3 Å². The van der Waals surface area contributed by atoms with Gasteiger partial charge < -0.3 is 24.4 Å². The number of nitrogens with one attached hydrogen (secondary N) is 1. The summed E-state index contributed by atoms with van der Waals surface area (Å²) >= 11 is 0. The van der Waals surface area contributed by atoms with Crippen LogP contribution in [0.4, 0.5) is 14.5 Å². The van der Waals surface area contributed by atoms with Gasteiger partial charge in [0.15, 0.2) is 6.61 Å². The minimum absolute atomic E-state index is 0.0399. The first-order chi connectivity index (χ1) is 14.9. The monoisotopic (exact) mass is 435 g/mol. The number of pyridine rings is 1. The van der Waals surface area contributed by atoms with Gasteiger partial charge in [-0.1, -0.05) is 12.1 Å². The van der Waals surface area contributed by atoms with Gasteiger partial charge in [0.05, 0.1) is 25.4 Å². The summed E-state index contributed by atoms with van der Waals surface area (Å²) in [7, 11) is 1.46. The van der Waals surface area contributed by atoms with Crippen LogP contribution >= 0.6 is 0 Å². The van der Waals surface area contributed by atoms with Gasteiger partial charge in [0.2, 0.25) is 11.7 Å². The first-order valence-corrected chi connectivity index (χ1v) is 10.1. The number of alkyl halides is 2. The van der Waals surface area contributed by atoms with Crippen LogP contribution in [-0.4, -0.2) is 50.2 Å². The van der Waals surface area contributed by atoms with Crippen LogP contribution in [0, 0.1) is 0 Å². The van der Waals surface area contributed by atoms with Gasteiger partial charge >= 0.3 is 0 Å². The van der Waals surface area contributed by atoms with Crippen molar-refractivity contribution in [2.75, 3.05) is 31.7 Å². The van der Waals surface area contributed by atoms with E-state index in [4.69, 9.17) is 14.2 Å². The van der Waals surface area contributed by atoms with E-state index >= 15 is 0 Å². The number of aromatic nitrogens is 1. The maximum atomic E-state index is 12.5. The molecule has 1 fully saturated rings. The second kappa shape index (κ2) is 10.3. The molecule has 2 heterocycles. The number of carbonyl (C=O) groups excluding carboxylic acids is 1. The molecule has 7 nitrogen and oxygen atoms in total. The number of ether oxygens (including phenoxy) is 3. The minimum Gasteiger partial charge on any atom is -0.490 e. The van der Waals surface area contributed by atoms with Gasteiger partial charge in [0.25, 0.3) is 12.3 Å². The van der Waals surface area contributed by atoms with Gasteiger partial charge in [0, 0.05) is 26.1 Å². The molecule has 1 aromatic carbocycles. The molecule has 0 radical (unpaired) electrons. The highest BCUT2D eigenvalue weighted by atomic mass is 19.3. The summed E-state index contributed by atoms with van der Waals surface area (Å²) in [5, 5.41) is 2.85. The lowest BCUT2D eigenvalue weighted by atomic mass is 10.1. The van der Waals surface area contributed by atoms with E-state index in [1.807, 2.05) is 31.2 Å². The van der Waals surface area contributed by atoms with Gasteiger partial charge in [0.1, 0.15) is 11.9 Å². The molecular formula is C22H27F2N3O4. The SMILES string of the molecule is COc1c(N2CC[C@@H](Oc3ccc([C@H](C)NC(C)=O)cc3)C2)ccnc1OCC(F)F. The van der Waals surface area contributed by atoms with Gasteiger partial charge in [-0.2, -0.15) is 0 Å². The molecule has 0 spiro atoms. The van der Waals surface area contributed by atoms with Crippen LogP contribution in [0.25, 0.3) is 0 Å². The van der Waals surface area contributed by atoms with Gasteiger partial charge in [-0.3, -0.25) is 4.79 Å². The molecule has 1 aliphatic rings. The van der Waals surface area contributed by atoms with E-state index in [1.54, 1.807) is 6.07 Å². The highest BCUT2D eigenvalue weighted by Gasteiger charge is 2.28. The van der Waals surface area contributed by atoms with Crippen LogP contribution in [0.1, 0.15) is 31.9 Å². The smallest absolute Gasteiger partial charge is 0.272 e. The summed E-state index contributed by atoms with van der Waals surface area (Å²) in [6.45, 7) is 4.00. The maximum absolute atomic E-state index is 12.5. The van der Waals surface area contributed by atoms with Crippen molar-refractivity contribution in [3.63, 3.8) is 0 Å². The molecule has 9 heteroatoms. The number of amides is 1. The second-order valence-corrected chi connectivity index (χ2v) is 7.34. The fourth-order valence-corrected chi connectivity index (χ4v) is 3.56. The summed E-state index contributed by atoms with van der Waals surface area (Å²) in [6, 6.07) is 9.34. The van der Waals surface area contributed by atoms with Crippen LogP contribution in [0.5, 0.6) is 17.4 Å². The summed E-state index contributed by atoms with van der Waals surface area (Å²) in [4.78, 5) is 17.3. The summed E-state index contributed by atoms with van der Waals surface area (Å²) < 4.78 is 41.6. The second-order valence-electron chi connectivity index (χ2n) is 7.34. The molecule has 1 N–H and O–H groups in total. The number of methoxy groups -OCH3 is 1. The molecule has 168 valence electrons. The highest BCUT2D eigenvalue weighted by molar-refractivity contribution is 5.73. The lowest BCUT2D eigenvalue weighted by molar-refractivity contribution is -0.119. The fourth-order valence-electron chi connectivity index (χ4n) is 3.56. The van der Waals surface area contributed by atoms with Crippen molar-refractivity contribution in [1.29, 1.82) is 0 Å². The predicted octanol–water partition coefficient (Wildman–Crippen LogP) is 3.59. The van der Waals surface area contributed by atoms with Crippen molar-refractivity contribution in [3.8, 4) is 17.4 Å². The van der Waals surface area contributed by atoms with Crippen molar-refractivity contribution < 1.29 is 27.8 Å². The number of nitrogens with zero attached hydrogens (tertiary/aromatic N) is 2. The minimum atomic E-state index is -2.59. The molecule has 0 aliphatic carbocycles. The zero-order chi connectivity index (χ0) is 22.4. The van der Waals surface area contributed by atoms with Crippen LogP contribution in [0.3, 0.4) is 0 Å². The topological polar surface area (TPSA) is 72.9 Å². The molecule has 1 aliphatic heterocycles. The third-order valence-corrected chi connectivity index (χ3v) is 4.99. The Kier molecular flexibility index (Phi) is 7.49. The first kappa shape index (κ1) is 22.6. The average molecular weight is 435 g/mol.